The lowest BCUT2D eigenvalue weighted by Crippen LogP contribution is -2.53. The summed E-state index contributed by atoms with van der Waals surface area (Å²) in [5.41, 5.74) is 2.56. The van der Waals surface area contributed by atoms with E-state index in [-0.39, 0.29) is 18.8 Å². The minimum Gasteiger partial charge on any atom is -0.478 e. The summed E-state index contributed by atoms with van der Waals surface area (Å²) in [6.45, 7) is 8.39. The van der Waals surface area contributed by atoms with E-state index in [0.29, 0.717) is 12.5 Å². The molecule has 3 amide bonds. The number of nitrogens with one attached hydrogen (secondary N) is 3. The number of unbranched alkanes of at least 4 members (excludes halogenated alkanes) is 1. The summed E-state index contributed by atoms with van der Waals surface area (Å²) in [6.07, 6.45) is -6.38. The topological polar surface area (TPSA) is 238 Å². The molecule has 5 atom stereocenters. The fourth-order valence-corrected chi connectivity index (χ4v) is 5.80. The smallest absolute Gasteiger partial charge is 0.408 e. The molecule has 4 rings (SSSR count). The van der Waals surface area contributed by atoms with Gasteiger partial charge in [0.15, 0.2) is 11.5 Å². The number of aliphatic hydroxyl groups is 5. The van der Waals surface area contributed by atoms with Gasteiger partial charge in [-0.15, -0.1) is 0 Å². The van der Waals surface area contributed by atoms with Crippen LogP contribution in [0.2, 0.25) is 0 Å². The zero-order chi connectivity index (χ0) is 41.8. The maximum Gasteiger partial charge on any atom is 0.408 e. The number of pyridine rings is 1. The summed E-state index contributed by atoms with van der Waals surface area (Å²) in [5.74, 6) is 0.584. The first kappa shape index (κ1) is 44.7. The molecule has 5 unspecified atom stereocenters. The molecule has 0 spiro atoms. The quantitative estimate of drug-likeness (QED) is 0.0769. The van der Waals surface area contributed by atoms with Crippen LogP contribution < -0.4 is 30.2 Å². The molecule has 8 N–H and O–H groups in total. The number of nitrogens with zero attached hydrogens (tertiary/aromatic N) is 1. The molecule has 0 bridgehead atoms. The van der Waals surface area contributed by atoms with Crippen LogP contribution >= 0.6 is 0 Å². The van der Waals surface area contributed by atoms with Crippen molar-refractivity contribution in [2.24, 2.45) is 5.41 Å². The Hall–Kier alpha value is -5.00. The summed E-state index contributed by atoms with van der Waals surface area (Å²) in [4.78, 5) is 43.3. The minimum atomic E-state index is -1.88. The van der Waals surface area contributed by atoms with Crippen LogP contribution in [0.15, 0.2) is 60.7 Å². The van der Waals surface area contributed by atoms with Gasteiger partial charge in [-0.1, -0.05) is 50.2 Å². The summed E-state index contributed by atoms with van der Waals surface area (Å²) < 4.78 is 22.2. The number of carbonyl (C=O) groups is 3. The SMILES string of the molecule is CC(C)(CCCCOc1cccc(-c2ccc(-c3ccc4c(c3)OCO4)cc2)n1)CNC(=O)C(CC(=O)NCC(O)C(O)C(O)C(O)CO)NC(=O)OC(C)(C)C. The Bertz CT molecular complexity index is 1780. The van der Waals surface area contributed by atoms with Gasteiger partial charge in [-0.25, -0.2) is 9.78 Å². The molecule has 1 aliphatic heterocycles. The number of aromatic nitrogens is 1. The van der Waals surface area contributed by atoms with E-state index < -0.39 is 73.5 Å². The average molecular weight is 797 g/mol. The molecule has 3 aromatic rings. The number of fused-ring (bicyclic) bond motifs is 1. The number of ether oxygens (including phenoxy) is 4. The molecule has 2 heterocycles. The van der Waals surface area contributed by atoms with Crippen LogP contribution in [0.1, 0.15) is 60.3 Å². The standard InChI is InChI=1S/C41H56N4O12/c1-40(2,3)57-39(53)45-29(20-34(49)42-21-30(47)36(50)37(51)31(48)22-46)38(52)43-23-41(4,5)17-6-7-18-54-35-10-8-9-28(44-35)26-13-11-25(12-14-26)27-15-16-32-33(19-27)56-24-55-32/h8-16,19,29-31,36-37,46-48,50-51H,6-7,17-18,20-24H2,1-5H3,(H,42,49)(H,43,52)(H,45,53). The van der Waals surface area contributed by atoms with Crippen molar-refractivity contribution in [2.75, 3.05) is 33.1 Å². The number of hydrogen-bond donors (Lipinski definition) is 8. The van der Waals surface area contributed by atoms with Gasteiger partial charge in [-0.05, 0) is 74.8 Å². The van der Waals surface area contributed by atoms with Crippen molar-refractivity contribution in [2.45, 2.75) is 96.4 Å². The maximum atomic E-state index is 13.3. The zero-order valence-electron chi connectivity index (χ0n) is 33.1. The number of carbonyl (C=O) groups excluding carboxylic acids is 3. The van der Waals surface area contributed by atoms with Gasteiger partial charge in [0.2, 0.25) is 24.5 Å². The van der Waals surface area contributed by atoms with E-state index in [1.807, 2.05) is 74.5 Å². The molecular weight excluding hydrogens is 740 g/mol. The second kappa shape index (κ2) is 20.4. The molecule has 0 saturated heterocycles. The molecular formula is C41H56N4O12. The third kappa shape index (κ3) is 14.2. The van der Waals surface area contributed by atoms with E-state index >= 15 is 0 Å². The third-order valence-electron chi connectivity index (χ3n) is 9.08. The normalized spacial score (nSPS) is 15.1. The molecule has 0 fully saturated rings. The van der Waals surface area contributed by atoms with Gasteiger partial charge in [0.05, 0.1) is 31.4 Å². The summed E-state index contributed by atoms with van der Waals surface area (Å²) in [7, 11) is 0. The summed E-state index contributed by atoms with van der Waals surface area (Å²) >= 11 is 0. The molecule has 0 aliphatic carbocycles. The Kier molecular flexibility index (Phi) is 16.0. The number of alkyl carbamates (subject to hydrolysis) is 1. The molecule has 57 heavy (non-hydrogen) atoms. The molecule has 312 valence electrons. The predicted octanol–water partition coefficient (Wildman–Crippen LogP) is 2.67. The monoisotopic (exact) mass is 796 g/mol. The highest BCUT2D eigenvalue weighted by Gasteiger charge is 2.32. The van der Waals surface area contributed by atoms with Crippen molar-refractivity contribution in [1.82, 2.24) is 20.9 Å². The predicted molar refractivity (Wildman–Crippen MR) is 209 cm³/mol. The van der Waals surface area contributed by atoms with Gasteiger partial charge >= 0.3 is 6.09 Å². The highest BCUT2D eigenvalue weighted by Crippen LogP contribution is 2.36. The highest BCUT2D eigenvalue weighted by molar-refractivity contribution is 5.91. The molecule has 2 aromatic carbocycles. The first-order chi connectivity index (χ1) is 26.9. The lowest BCUT2D eigenvalue weighted by atomic mass is 9.87. The van der Waals surface area contributed by atoms with Gasteiger partial charge in [-0.3, -0.25) is 9.59 Å². The van der Waals surface area contributed by atoms with Crippen molar-refractivity contribution in [3.8, 4) is 39.8 Å². The van der Waals surface area contributed by atoms with Crippen molar-refractivity contribution in [3.05, 3.63) is 60.7 Å². The number of amides is 3. The lowest BCUT2D eigenvalue weighted by Gasteiger charge is -2.28. The van der Waals surface area contributed by atoms with Crippen molar-refractivity contribution >= 4 is 17.9 Å². The highest BCUT2D eigenvalue weighted by atomic mass is 16.7. The van der Waals surface area contributed by atoms with Crippen molar-refractivity contribution in [3.63, 3.8) is 0 Å². The Morgan fingerprint density at radius 2 is 1.49 bits per heavy atom. The fourth-order valence-electron chi connectivity index (χ4n) is 5.80. The zero-order valence-corrected chi connectivity index (χ0v) is 33.1. The van der Waals surface area contributed by atoms with Crippen molar-refractivity contribution < 1.29 is 58.9 Å². The molecule has 16 nitrogen and oxygen atoms in total. The van der Waals surface area contributed by atoms with Gasteiger partial charge in [0.1, 0.15) is 30.0 Å². The van der Waals surface area contributed by atoms with E-state index in [0.717, 1.165) is 53.1 Å². The van der Waals surface area contributed by atoms with E-state index in [4.69, 9.17) is 24.1 Å². The van der Waals surface area contributed by atoms with Crippen LogP contribution in [0.5, 0.6) is 17.4 Å². The lowest BCUT2D eigenvalue weighted by molar-refractivity contribution is -0.130. The second-order valence-electron chi connectivity index (χ2n) is 15.7. The Balaban J connectivity index is 1.23. The van der Waals surface area contributed by atoms with E-state index in [2.05, 4.69) is 20.9 Å². The van der Waals surface area contributed by atoms with Gasteiger partial charge in [0.25, 0.3) is 0 Å². The maximum absolute atomic E-state index is 13.3. The molecule has 1 aliphatic rings. The number of benzene rings is 2. The average Bonchev–Trinajstić information content (AvgIpc) is 3.65. The van der Waals surface area contributed by atoms with E-state index in [1.54, 1.807) is 20.8 Å². The van der Waals surface area contributed by atoms with Crippen LogP contribution in [0.4, 0.5) is 4.79 Å². The van der Waals surface area contributed by atoms with Crippen LogP contribution in [0, 0.1) is 5.41 Å². The van der Waals surface area contributed by atoms with Crippen LogP contribution in [-0.4, -0.2) is 118 Å². The summed E-state index contributed by atoms with van der Waals surface area (Å²) in [6, 6.07) is 18.2. The van der Waals surface area contributed by atoms with Crippen LogP contribution in [0.3, 0.4) is 0 Å². The minimum absolute atomic E-state index is 0.227. The first-order valence-electron chi connectivity index (χ1n) is 18.9. The molecule has 16 heteroatoms. The second-order valence-corrected chi connectivity index (χ2v) is 15.7. The van der Waals surface area contributed by atoms with E-state index in [1.165, 1.54) is 0 Å². The van der Waals surface area contributed by atoms with E-state index in [9.17, 15) is 34.8 Å². The molecule has 0 radical (unpaired) electrons. The third-order valence-corrected chi connectivity index (χ3v) is 9.08. The summed E-state index contributed by atoms with van der Waals surface area (Å²) in [5, 5.41) is 56.0. The Morgan fingerprint density at radius 3 is 2.19 bits per heavy atom. The largest absolute Gasteiger partial charge is 0.478 e. The first-order valence-corrected chi connectivity index (χ1v) is 18.9. The number of hydrogen-bond acceptors (Lipinski definition) is 13. The Labute approximate surface area is 332 Å². The molecule has 1 aromatic heterocycles. The van der Waals surface area contributed by atoms with Gasteiger partial charge < -0.3 is 60.4 Å². The number of rotatable bonds is 20. The van der Waals surface area contributed by atoms with Crippen LogP contribution in [0.25, 0.3) is 22.4 Å². The Morgan fingerprint density at radius 1 is 0.825 bits per heavy atom. The molecule has 0 saturated carbocycles. The number of aliphatic hydroxyl groups excluding tert-OH is 5. The van der Waals surface area contributed by atoms with Crippen molar-refractivity contribution in [1.29, 1.82) is 0 Å². The van der Waals surface area contributed by atoms with Crippen LogP contribution in [-0.2, 0) is 14.3 Å². The fraction of sp³-hybridized carbons (Fsp3) is 0.512. The van der Waals surface area contributed by atoms with Gasteiger partial charge in [-0.2, -0.15) is 0 Å². The van der Waals surface area contributed by atoms with Gasteiger partial charge in [0, 0.05) is 24.7 Å².